The van der Waals surface area contributed by atoms with Crippen LogP contribution in [0.2, 0.25) is 0 Å². The number of Topliss-reactive ketones (excluding diaryl/α,β-unsaturated/α-hetero) is 1. The van der Waals surface area contributed by atoms with Crippen LogP contribution in [-0.4, -0.2) is 18.9 Å². The Kier molecular flexibility index (Phi) is 4.31. The summed E-state index contributed by atoms with van der Waals surface area (Å²) in [6.45, 7) is 4.16. The average molecular weight is 207 g/mol. The monoisotopic (exact) mass is 207 g/mol. The maximum Gasteiger partial charge on any atom is 0.146 e. The molecule has 0 saturated heterocycles. The van der Waals surface area contributed by atoms with Gasteiger partial charge in [-0.2, -0.15) is 0 Å². The predicted octanol–water partition coefficient (Wildman–Crippen LogP) is 1.76. The van der Waals surface area contributed by atoms with Crippen LogP contribution in [0.5, 0.6) is 5.75 Å². The Labute approximate surface area is 90.4 Å². The second kappa shape index (κ2) is 5.51. The number of benzene rings is 1. The van der Waals surface area contributed by atoms with Gasteiger partial charge in [-0.15, -0.1) is 0 Å². The van der Waals surface area contributed by atoms with E-state index in [0.717, 1.165) is 11.3 Å². The summed E-state index contributed by atoms with van der Waals surface area (Å²) < 4.78 is 5.06. The molecule has 82 valence electrons. The van der Waals surface area contributed by atoms with Gasteiger partial charge in [0.2, 0.25) is 0 Å². The molecule has 0 saturated carbocycles. The summed E-state index contributed by atoms with van der Waals surface area (Å²) in [5.41, 5.74) is 1.14. The SMILES string of the molecule is COc1ccc(CNC(C)C(C)=O)cc1. The fourth-order valence-corrected chi connectivity index (χ4v) is 1.16. The highest BCUT2D eigenvalue weighted by Gasteiger charge is 2.05. The van der Waals surface area contributed by atoms with Crippen LogP contribution in [0.15, 0.2) is 24.3 Å². The molecule has 0 aliphatic rings. The summed E-state index contributed by atoms with van der Waals surface area (Å²) in [4.78, 5) is 11.0. The number of rotatable bonds is 5. The summed E-state index contributed by atoms with van der Waals surface area (Å²) in [5, 5.41) is 3.15. The molecule has 1 rings (SSSR count). The topological polar surface area (TPSA) is 38.3 Å². The molecule has 1 N–H and O–H groups in total. The molecule has 1 aromatic carbocycles. The lowest BCUT2D eigenvalue weighted by molar-refractivity contribution is -0.118. The van der Waals surface area contributed by atoms with Gasteiger partial charge in [0, 0.05) is 6.54 Å². The molecule has 0 aromatic heterocycles. The summed E-state index contributed by atoms with van der Waals surface area (Å²) in [6.07, 6.45) is 0. The van der Waals surface area contributed by atoms with Gasteiger partial charge in [-0.05, 0) is 31.5 Å². The van der Waals surface area contributed by atoms with Gasteiger partial charge in [-0.25, -0.2) is 0 Å². The van der Waals surface area contributed by atoms with E-state index in [0.29, 0.717) is 6.54 Å². The number of methoxy groups -OCH3 is 1. The van der Waals surface area contributed by atoms with Crippen LogP contribution in [0.25, 0.3) is 0 Å². The highest BCUT2D eigenvalue weighted by Crippen LogP contribution is 2.10. The molecule has 0 fully saturated rings. The van der Waals surface area contributed by atoms with E-state index in [1.165, 1.54) is 0 Å². The molecule has 3 heteroatoms. The highest BCUT2D eigenvalue weighted by molar-refractivity contribution is 5.80. The second-order valence-corrected chi connectivity index (χ2v) is 3.56. The third kappa shape index (κ3) is 3.72. The van der Waals surface area contributed by atoms with Crippen LogP contribution in [0.4, 0.5) is 0 Å². The maximum atomic E-state index is 11.0. The normalized spacial score (nSPS) is 12.2. The number of nitrogens with one attached hydrogen (secondary N) is 1. The molecule has 0 aliphatic carbocycles. The molecule has 1 unspecified atom stereocenters. The van der Waals surface area contributed by atoms with E-state index in [9.17, 15) is 4.79 Å². The van der Waals surface area contributed by atoms with Gasteiger partial charge in [-0.1, -0.05) is 12.1 Å². The quantitative estimate of drug-likeness (QED) is 0.799. The molecule has 0 amide bonds. The van der Waals surface area contributed by atoms with Crippen molar-refractivity contribution in [3.8, 4) is 5.75 Å². The summed E-state index contributed by atoms with van der Waals surface area (Å²) >= 11 is 0. The van der Waals surface area contributed by atoms with Crippen LogP contribution in [0.1, 0.15) is 19.4 Å². The van der Waals surface area contributed by atoms with Gasteiger partial charge < -0.3 is 10.1 Å². The Hall–Kier alpha value is -1.35. The van der Waals surface area contributed by atoms with Crippen molar-refractivity contribution in [1.29, 1.82) is 0 Å². The van der Waals surface area contributed by atoms with Crippen molar-refractivity contribution in [3.05, 3.63) is 29.8 Å². The molecule has 0 aliphatic heterocycles. The standard InChI is InChI=1S/C12H17NO2/c1-9(10(2)14)13-8-11-4-6-12(15-3)7-5-11/h4-7,9,13H,8H2,1-3H3. The Morgan fingerprint density at radius 3 is 2.47 bits per heavy atom. The largest absolute Gasteiger partial charge is 0.497 e. The van der Waals surface area contributed by atoms with Crippen LogP contribution in [0, 0.1) is 0 Å². The summed E-state index contributed by atoms with van der Waals surface area (Å²) in [6, 6.07) is 7.70. The third-order valence-electron chi connectivity index (χ3n) is 2.38. The van der Waals surface area contributed by atoms with Crippen LogP contribution in [0.3, 0.4) is 0 Å². The smallest absolute Gasteiger partial charge is 0.146 e. The van der Waals surface area contributed by atoms with Gasteiger partial charge in [0.05, 0.1) is 13.2 Å². The van der Waals surface area contributed by atoms with Gasteiger partial charge in [0.25, 0.3) is 0 Å². The average Bonchev–Trinajstić information content (AvgIpc) is 2.26. The minimum absolute atomic E-state index is 0.0906. The minimum atomic E-state index is -0.0906. The Morgan fingerprint density at radius 1 is 1.40 bits per heavy atom. The van der Waals surface area contributed by atoms with Gasteiger partial charge in [-0.3, -0.25) is 4.79 Å². The molecule has 0 bridgehead atoms. The van der Waals surface area contributed by atoms with E-state index in [2.05, 4.69) is 5.32 Å². The van der Waals surface area contributed by atoms with Crippen molar-refractivity contribution in [2.75, 3.05) is 7.11 Å². The first-order valence-electron chi connectivity index (χ1n) is 5.00. The van der Waals surface area contributed by atoms with E-state index < -0.39 is 0 Å². The zero-order chi connectivity index (χ0) is 11.3. The van der Waals surface area contributed by atoms with Gasteiger partial charge in [0.15, 0.2) is 0 Å². The lowest BCUT2D eigenvalue weighted by atomic mass is 10.2. The fraction of sp³-hybridized carbons (Fsp3) is 0.417. The van der Waals surface area contributed by atoms with Crippen molar-refractivity contribution in [2.45, 2.75) is 26.4 Å². The Bertz CT molecular complexity index is 319. The Balaban J connectivity index is 2.47. The van der Waals surface area contributed by atoms with Crippen molar-refractivity contribution in [2.24, 2.45) is 0 Å². The number of carbonyl (C=O) groups is 1. The number of ether oxygens (including phenoxy) is 1. The van der Waals surface area contributed by atoms with Crippen molar-refractivity contribution >= 4 is 5.78 Å². The molecule has 15 heavy (non-hydrogen) atoms. The number of hydrogen-bond donors (Lipinski definition) is 1. The van der Waals surface area contributed by atoms with E-state index in [1.54, 1.807) is 14.0 Å². The lowest BCUT2D eigenvalue weighted by Gasteiger charge is -2.10. The van der Waals surface area contributed by atoms with E-state index >= 15 is 0 Å². The van der Waals surface area contributed by atoms with Crippen molar-refractivity contribution in [1.82, 2.24) is 5.32 Å². The number of ketones is 1. The van der Waals surface area contributed by atoms with E-state index in [4.69, 9.17) is 4.74 Å². The highest BCUT2D eigenvalue weighted by atomic mass is 16.5. The maximum absolute atomic E-state index is 11.0. The van der Waals surface area contributed by atoms with Crippen molar-refractivity contribution < 1.29 is 9.53 Å². The second-order valence-electron chi connectivity index (χ2n) is 3.56. The molecule has 1 atom stereocenters. The van der Waals surface area contributed by atoms with Crippen LogP contribution < -0.4 is 10.1 Å². The molecule has 0 spiro atoms. The third-order valence-corrected chi connectivity index (χ3v) is 2.38. The predicted molar refractivity (Wildman–Crippen MR) is 60.0 cm³/mol. The fourth-order valence-electron chi connectivity index (χ4n) is 1.16. The number of hydrogen-bond acceptors (Lipinski definition) is 3. The number of carbonyl (C=O) groups excluding carboxylic acids is 1. The Morgan fingerprint density at radius 2 is 2.00 bits per heavy atom. The zero-order valence-corrected chi connectivity index (χ0v) is 9.41. The molecule has 3 nitrogen and oxygen atoms in total. The first kappa shape index (κ1) is 11.7. The lowest BCUT2D eigenvalue weighted by Crippen LogP contribution is -2.31. The minimum Gasteiger partial charge on any atom is -0.497 e. The molecule has 1 aromatic rings. The van der Waals surface area contributed by atoms with Crippen LogP contribution >= 0.6 is 0 Å². The summed E-state index contributed by atoms with van der Waals surface area (Å²) in [5.74, 6) is 1.00. The van der Waals surface area contributed by atoms with Gasteiger partial charge >= 0.3 is 0 Å². The van der Waals surface area contributed by atoms with Crippen molar-refractivity contribution in [3.63, 3.8) is 0 Å². The molecular formula is C12H17NO2. The van der Waals surface area contributed by atoms with E-state index in [1.807, 2.05) is 31.2 Å². The first-order chi connectivity index (χ1) is 7.13. The zero-order valence-electron chi connectivity index (χ0n) is 9.41. The van der Waals surface area contributed by atoms with E-state index in [-0.39, 0.29) is 11.8 Å². The molecule has 0 radical (unpaired) electrons. The van der Waals surface area contributed by atoms with Gasteiger partial charge in [0.1, 0.15) is 11.5 Å². The van der Waals surface area contributed by atoms with Crippen LogP contribution in [-0.2, 0) is 11.3 Å². The first-order valence-corrected chi connectivity index (χ1v) is 5.00. The summed E-state index contributed by atoms with van der Waals surface area (Å²) in [7, 11) is 1.64. The molecule has 0 heterocycles. The molecular weight excluding hydrogens is 190 g/mol.